The Bertz CT molecular complexity index is 1190. The van der Waals surface area contributed by atoms with Gasteiger partial charge < -0.3 is 5.32 Å². The topological polar surface area (TPSA) is 108 Å². The summed E-state index contributed by atoms with van der Waals surface area (Å²) in [6, 6.07) is 19.0. The number of carbonyl (C=O) groups excluding carboxylic acids is 2. The highest BCUT2D eigenvalue weighted by molar-refractivity contribution is 7.89. The summed E-state index contributed by atoms with van der Waals surface area (Å²) in [7, 11) is -3.97. The molecule has 8 nitrogen and oxygen atoms in total. The number of rotatable bonds is 10. The first-order valence-corrected chi connectivity index (χ1v) is 12.4. The first-order valence-electron chi connectivity index (χ1n) is 10.1. The summed E-state index contributed by atoms with van der Waals surface area (Å²) in [5.41, 5.74) is 3.83. The summed E-state index contributed by atoms with van der Waals surface area (Å²) < 4.78 is 27.7. The fraction of sp³-hybridized carbons (Fsp3) is 0.174. The van der Waals surface area contributed by atoms with Crippen LogP contribution in [0.2, 0.25) is 0 Å². The standard InChI is InChI=1S/C23H24N4O4S2/c1-18(28)25-20-9-11-22(12-10-20)33(30,31)27(14-13-19-6-3-2-4-7-19)17-23(29)26-24-16-21-8-5-15-32-21/h2-12,15-16H,13-14,17H2,1H3,(H,25,28)(H,26,29)/b24-16+. The summed E-state index contributed by atoms with van der Waals surface area (Å²) in [5, 5.41) is 8.39. The van der Waals surface area contributed by atoms with Crippen molar-refractivity contribution < 1.29 is 18.0 Å². The second-order valence-corrected chi connectivity index (χ2v) is 10.0. The average molecular weight is 485 g/mol. The van der Waals surface area contributed by atoms with Crippen molar-refractivity contribution in [2.45, 2.75) is 18.2 Å². The number of anilines is 1. The summed E-state index contributed by atoms with van der Waals surface area (Å²) in [6.07, 6.45) is 1.95. The SMILES string of the molecule is CC(=O)Nc1ccc(S(=O)(=O)N(CCc2ccccc2)CC(=O)N/N=C/c2cccs2)cc1. The number of carbonyl (C=O) groups is 2. The van der Waals surface area contributed by atoms with E-state index in [-0.39, 0.29) is 23.9 Å². The largest absolute Gasteiger partial charge is 0.326 e. The van der Waals surface area contributed by atoms with Gasteiger partial charge in [-0.2, -0.15) is 9.41 Å². The van der Waals surface area contributed by atoms with Crippen LogP contribution < -0.4 is 10.7 Å². The van der Waals surface area contributed by atoms with Crippen molar-refractivity contribution >= 4 is 45.1 Å². The van der Waals surface area contributed by atoms with Gasteiger partial charge in [0.2, 0.25) is 15.9 Å². The quantitative estimate of drug-likeness (QED) is 0.341. The van der Waals surface area contributed by atoms with Gasteiger partial charge in [-0.3, -0.25) is 9.59 Å². The second kappa shape index (κ2) is 11.5. The maximum Gasteiger partial charge on any atom is 0.255 e. The molecule has 2 aromatic carbocycles. The molecule has 172 valence electrons. The highest BCUT2D eigenvalue weighted by atomic mass is 32.2. The third-order valence-corrected chi connectivity index (χ3v) is 7.22. The molecule has 1 heterocycles. The maximum absolute atomic E-state index is 13.3. The van der Waals surface area contributed by atoms with Gasteiger partial charge in [0.15, 0.2) is 0 Å². The molecule has 0 aliphatic heterocycles. The monoisotopic (exact) mass is 484 g/mol. The second-order valence-electron chi connectivity index (χ2n) is 7.09. The highest BCUT2D eigenvalue weighted by Gasteiger charge is 2.26. The zero-order valence-electron chi connectivity index (χ0n) is 18.0. The van der Waals surface area contributed by atoms with Gasteiger partial charge in [0.05, 0.1) is 17.7 Å². The first kappa shape index (κ1) is 24.3. The van der Waals surface area contributed by atoms with Crippen LogP contribution in [0.5, 0.6) is 0 Å². The van der Waals surface area contributed by atoms with E-state index in [1.54, 1.807) is 0 Å². The lowest BCUT2D eigenvalue weighted by Gasteiger charge is -2.21. The fourth-order valence-corrected chi connectivity index (χ4v) is 4.96. The van der Waals surface area contributed by atoms with Crippen molar-refractivity contribution in [3.63, 3.8) is 0 Å². The molecular weight excluding hydrogens is 460 g/mol. The van der Waals surface area contributed by atoms with Crippen LogP contribution in [-0.4, -0.2) is 43.8 Å². The number of nitrogens with one attached hydrogen (secondary N) is 2. The molecule has 0 saturated heterocycles. The first-order chi connectivity index (χ1) is 15.8. The molecule has 3 aromatic rings. The average Bonchev–Trinajstić information content (AvgIpc) is 3.31. The Balaban J connectivity index is 1.75. The Labute approximate surface area is 197 Å². The summed E-state index contributed by atoms with van der Waals surface area (Å²) in [5.74, 6) is -0.802. The van der Waals surface area contributed by atoms with Gasteiger partial charge in [-0.15, -0.1) is 11.3 Å². The highest BCUT2D eigenvalue weighted by Crippen LogP contribution is 2.19. The number of amides is 2. The van der Waals surface area contributed by atoms with Crippen LogP contribution in [0.4, 0.5) is 5.69 Å². The lowest BCUT2D eigenvalue weighted by atomic mass is 10.1. The molecule has 0 unspecified atom stereocenters. The minimum absolute atomic E-state index is 0.0274. The molecule has 3 rings (SSSR count). The van der Waals surface area contributed by atoms with Gasteiger partial charge in [-0.05, 0) is 47.7 Å². The minimum Gasteiger partial charge on any atom is -0.326 e. The molecule has 10 heteroatoms. The van der Waals surface area contributed by atoms with E-state index in [1.165, 1.54) is 48.7 Å². The van der Waals surface area contributed by atoms with Crippen molar-refractivity contribution in [1.82, 2.24) is 9.73 Å². The van der Waals surface area contributed by atoms with E-state index >= 15 is 0 Å². The zero-order chi connectivity index (χ0) is 23.7. The van der Waals surface area contributed by atoms with Crippen molar-refractivity contribution in [2.24, 2.45) is 5.10 Å². The molecule has 0 spiro atoms. The van der Waals surface area contributed by atoms with E-state index < -0.39 is 15.9 Å². The summed E-state index contributed by atoms with van der Waals surface area (Å²) in [4.78, 5) is 24.6. The lowest BCUT2D eigenvalue weighted by molar-refractivity contribution is -0.121. The summed E-state index contributed by atoms with van der Waals surface area (Å²) >= 11 is 1.47. The molecule has 0 saturated carbocycles. The molecule has 0 bridgehead atoms. The van der Waals surface area contributed by atoms with Crippen LogP contribution in [-0.2, 0) is 26.0 Å². The van der Waals surface area contributed by atoms with Gasteiger partial charge in [-0.25, -0.2) is 13.8 Å². The molecule has 0 fully saturated rings. The molecule has 33 heavy (non-hydrogen) atoms. The molecule has 2 N–H and O–H groups in total. The fourth-order valence-electron chi connectivity index (χ4n) is 2.97. The van der Waals surface area contributed by atoms with E-state index in [0.717, 1.165) is 14.7 Å². The van der Waals surface area contributed by atoms with Gasteiger partial charge in [0.1, 0.15) is 0 Å². The number of benzene rings is 2. The Morgan fingerprint density at radius 3 is 2.39 bits per heavy atom. The Morgan fingerprint density at radius 1 is 1.03 bits per heavy atom. The van der Waals surface area contributed by atoms with Crippen LogP contribution in [0.25, 0.3) is 0 Å². The predicted octanol–water partition coefficient (Wildman–Crippen LogP) is 3.09. The van der Waals surface area contributed by atoms with Crippen LogP contribution in [0, 0.1) is 0 Å². The number of hydrogen-bond donors (Lipinski definition) is 2. The van der Waals surface area contributed by atoms with E-state index in [9.17, 15) is 18.0 Å². The van der Waals surface area contributed by atoms with E-state index in [4.69, 9.17) is 0 Å². The van der Waals surface area contributed by atoms with Gasteiger partial charge >= 0.3 is 0 Å². The van der Waals surface area contributed by atoms with Crippen molar-refractivity contribution in [1.29, 1.82) is 0 Å². The molecular formula is C23H24N4O4S2. The number of sulfonamides is 1. The van der Waals surface area contributed by atoms with Crippen LogP contribution >= 0.6 is 11.3 Å². The Kier molecular flexibility index (Phi) is 8.47. The molecule has 1 aromatic heterocycles. The number of thiophene rings is 1. The van der Waals surface area contributed by atoms with Gasteiger partial charge in [-0.1, -0.05) is 36.4 Å². The number of hydrazone groups is 1. The number of nitrogens with zero attached hydrogens (tertiary/aromatic N) is 2. The van der Waals surface area contributed by atoms with Crippen molar-refractivity contribution in [3.05, 3.63) is 82.6 Å². The van der Waals surface area contributed by atoms with Crippen LogP contribution in [0.1, 0.15) is 17.4 Å². The van der Waals surface area contributed by atoms with Crippen LogP contribution in [0.15, 0.2) is 82.1 Å². The molecule has 0 radical (unpaired) electrons. The van der Waals surface area contributed by atoms with Crippen molar-refractivity contribution in [3.8, 4) is 0 Å². The Hall–Kier alpha value is -3.34. The summed E-state index contributed by atoms with van der Waals surface area (Å²) in [6.45, 7) is 1.10. The molecule has 0 atom stereocenters. The Morgan fingerprint density at radius 2 is 1.76 bits per heavy atom. The maximum atomic E-state index is 13.3. The van der Waals surface area contributed by atoms with Crippen molar-refractivity contribution in [2.75, 3.05) is 18.4 Å². The van der Waals surface area contributed by atoms with Gasteiger partial charge in [0, 0.05) is 24.0 Å². The molecule has 2 amide bonds. The van der Waals surface area contributed by atoms with E-state index in [1.807, 2.05) is 47.8 Å². The third kappa shape index (κ3) is 7.35. The van der Waals surface area contributed by atoms with Crippen LogP contribution in [0.3, 0.4) is 0 Å². The lowest BCUT2D eigenvalue weighted by Crippen LogP contribution is -2.40. The molecule has 0 aliphatic carbocycles. The predicted molar refractivity (Wildman–Crippen MR) is 130 cm³/mol. The molecule has 0 aliphatic rings. The van der Waals surface area contributed by atoms with E-state index in [2.05, 4.69) is 15.8 Å². The smallest absolute Gasteiger partial charge is 0.255 e. The third-order valence-electron chi connectivity index (χ3n) is 4.55. The number of hydrogen-bond acceptors (Lipinski definition) is 6. The van der Waals surface area contributed by atoms with Gasteiger partial charge in [0.25, 0.3) is 5.91 Å². The minimum atomic E-state index is -3.97. The van der Waals surface area contributed by atoms with E-state index in [0.29, 0.717) is 12.1 Å². The zero-order valence-corrected chi connectivity index (χ0v) is 19.6. The normalized spacial score (nSPS) is 11.6.